The number of carboxylic acid groups (broad SMARTS) is 1. The number of carbonyl (C=O) groups is 2. The van der Waals surface area contributed by atoms with E-state index in [1.54, 1.807) is 12.1 Å². The van der Waals surface area contributed by atoms with Gasteiger partial charge in [0, 0.05) is 6.42 Å². The molecule has 0 aliphatic heterocycles. The van der Waals surface area contributed by atoms with Gasteiger partial charge in [0.05, 0.1) is 17.7 Å². The normalized spacial score (nSPS) is 15.9. The third-order valence-corrected chi connectivity index (χ3v) is 3.89. The fourth-order valence-corrected chi connectivity index (χ4v) is 2.48. The van der Waals surface area contributed by atoms with Gasteiger partial charge in [0.1, 0.15) is 5.75 Å². The highest BCUT2D eigenvalue weighted by Gasteiger charge is 2.45. The average Bonchev–Trinajstić information content (AvgIpc) is 2.41. The number of anilines is 1. The number of amides is 1. The summed E-state index contributed by atoms with van der Waals surface area (Å²) in [5, 5.41) is 12.0. The third-order valence-electron chi connectivity index (χ3n) is 3.89. The van der Waals surface area contributed by atoms with E-state index >= 15 is 0 Å². The molecule has 1 fully saturated rings. The monoisotopic (exact) mass is 291 g/mol. The number of hydrogen-bond acceptors (Lipinski definition) is 3. The Morgan fingerprint density at radius 3 is 2.62 bits per heavy atom. The Bertz CT molecular complexity index is 523. The lowest BCUT2D eigenvalue weighted by molar-refractivity contribution is -0.157. The molecule has 5 nitrogen and oxygen atoms in total. The SMILES string of the molecule is CCCOc1ccccc1NC(=O)CC1(C(=O)O)CCC1. The molecule has 0 saturated heterocycles. The molecule has 0 atom stereocenters. The lowest BCUT2D eigenvalue weighted by atomic mass is 9.66. The molecule has 0 unspecified atom stereocenters. The van der Waals surface area contributed by atoms with Crippen molar-refractivity contribution < 1.29 is 19.4 Å². The molecule has 2 rings (SSSR count). The van der Waals surface area contributed by atoms with Crippen LogP contribution >= 0.6 is 0 Å². The Labute approximate surface area is 124 Å². The minimum Gasteiger partial charge on any atom is -0.491 e. The molecule has 1 aliphatic rings. The van der Waals surface area contributed by atoms with E-state index in [9.17, 15) is 14.7 Å². The van der Waals surface area contributed by atoms with Gasteiger partial charge in [-0.1, -0.05) is 25.5 Å². The molecule has 0 heterocycles. The zero-order valence-corrected chi connectivity index (χ0v) is 12.2. The second-order valence-corrected chi connectivity index (χ2v) is 5.51. The van der Waals surface area contributed by atoms with Gasteiger partial charge in [0.2, 0.25) is 5.91 Å². The van der Waals surface area contributed by atoms with Crippen LogP contribution in [0.25, 0.3) is 0 Å². The predicted octanol–water partition coefficient (Wildman–Crippen LogP) is 3.06. The molecule has 0 radical (unpaired) electrons. The van der Waals surface area contributed by atoms with Crippen LogP contribution in [0, 0.1) is 5.41 Å². The highest BCUT2D eigenvalue weighted by Crippen LogP contribution is 2.44. The van der Waals surface area contributed by atoms with Crippen molar-refractivity contribution in [2.45, 2.75) is 39.0 Å². The first kappa shape index (κ1) is 15.4. The number of benzene rings is 1. The second kappa shape index (κ2) is 6.61. The molecule has 5 heteroatoms. The van der Waals surface area contributed by atoms with Crippen LogP contribution in [-0.4, -0.2) is 23.6 Å². The van der Waals surface area contributed by atoms with E-state index in [2.05, 4.69) is 5.32 Å². The number of carbonyl (C=O) groups excluding carboxylic acids is 1. The largest absolute Gasteiger partial charge is 0.491 e. The van der Waals surface area contributed by atoms with Gasteiger partial charge in [0.25, 0.3) is 0 Å². The summed E-state index contributed by atoms with van der Waals surface area (Å²) in [5.41, 5.74) is -0.278. The van der Waals surface area contributed by atoms with Crippen molar-refractivity contribution in [1.82, 2.24) is 0 Å². The number of carboxylic acids is 1. The van der Waals surface area contributed by atoms with Crippen molar-refractivity contribution >= 4 is 17.6 Å². The number of nitrogens with one attached hydrogen (secondary N) is 1. The predicted molar refractivity (Wildman–Crippen MR) is 79.4 cm³/mol. The minimum absolute atomic E-state index is 0.0183. The van der Waals surface area contributed by atoms with Gasteiger partial charge in [-0.2, -0.15) is 0 Å². The van der Waals surface area contributed by atoms with Crippen LogP contribution in [0.15, 0.2) is 24.3 Å². The summed E-state index contributed by atoms with van der Waals surface area (Å²) in [7, 11) is 0. The van der Waals surface area contributed by atoms with E-state index in [0.29, 0.717) is 30.9 Å². The molecule has 1 saturated carbocycles. The molecule has 0 bridgehead atoms. The van der Waals surface area contributed by atoms with Crippen LogP contribution in [0.5, 0.6) is 5.75 Å². The summed E-state index contributed by atoms with van der Waals surface area (Å²) >= 11 is 0. The van der Waals surface area contributed by atoms with Crippen LogP contribution in [-0.2, 0) is 9.59 Å². The number of hydrogen-bond donors (Lipinski definition) is 2. The minimum atomic E-state index is -0.876. The molecule has 0 spiro atoms. The number of aliphatic carboxylic acids is 1. The van der Waals surface area contributed by atoms with Gasteiger partial charge in [-0.3, -0.25) is 9.59 Å². The molecular weight excluding hydrogens is 270 g/mol. The van der Waals surface area contributed by atoms with Crippen LogP contribution in [0.1, 0.15) is 39.0 Å². The van der Waals surface area contributed by atoms with Crippen molar-refractivity contribution in [2.24, 2.45) is 5.41 Å². The third kappa shape index (κ3) is 3.54. The fourth-order valence-electron chi connectivity index (χ4n) is 2.48. The summed E-state index contributed by atoms with van der Waals surface area (Å²) in [6.45, 7) is 2.58. The summed E-state index contributed by atoms with van der Waals surface area (Å²) in [5.74, 6) is -0.533. The first-order chi connectivity index (χ1) is 10.1. The van der Waals surface area contributed by atoms with Crippen molar-refractivity contribution in [1.29, 1.82) is 0 Å². The zero-order chi connectivity index (χ0) is 15.3. The van der Waals surface area contributed by atoms with Crippen LogP contribution in [0.2, 0.25) is 0 Å². The average molecular weight is 291 g/mol. The first-order valence-corrected chi connectivity index (χ1v) is 7.32. The Balaban J connectivity index is 2.01. The van der Waals surface area contributed by atoms with E-state index in [-0.39, 0.29) is 12.3 Å². The first-order valence-electron chi connectivity index (χ1n) is 7.32. The Hall–Kier alpha value is -2.04. The van der Waals surface area contributed by atoms with Crippen molar-refractivity contribution in [3.8, 4) is 5.75 Å². The molecule has 0 aromatic heterocycles. The molecule has 114 valence electrons. The summed E-state index contributed by atoms with van der Waals surface area (Å²) in [6, 6.07) is 7.20. The summed E-state index contributed by atoms with van der Waals surface area (Å²) in [6.07, 6.45) is 2.91. The van der Waals surface area contributed by atoms with Crippen LogP contribution < -0.4 is 10.1 Å². The molecule has 1 amide bonds. The van der Waals surface area contributed by atoms with Gasteiger partial charge in [-0.15, -0.1) is 0 Å². The van der Waals surface area contributed by atoms with Gasteiger partial charge in [0.15, 0.2) is 0 Å². The van der Waals surface area contributed by atoms with Crippen LogP contribution in [0.3, 0.4) is 0 Å². The maximum absolute atomic E-state index is 12.1. The van der Waals surface area contributed by atoms with E-state index in [1.165, 1.54) is 0 Å². The topological polar surface area (TPSA) is 75.6 Å². The van der Waals surface area contributed by atoms with E-state index in [1.807, 2.05) is 19.1 Å². The number of rotatable bonds is 7. The van der Waals surface area contributed by atoms with E-state index in [0.717, 1.165) is 12.8 Å². The Morgan fingerprint density at radius 2 is 2.05 bits per heavy atom. The van der Waals surface area contributed by atoms with Gasteiger partial charge >= 0.3 is 5.97 Å². The fraction of sp³-hybridized carbons (Fsp3) is 0.500. The molecule has 1 aromatic carbocycles. The van der Waals surface area contributed by atoms with E-state index in [4.69, 9.17) is 4.74 Å². The molecule has 21 heavy (non-hydrogen) atoms. The molecule has 2 N–H and O–H groups in total. The van der Waals surface area contributed by atoms with Crippen molar-refractivity contribution in [3.63, 3.8) is 0 Å². The molecule has 1 aromatic rings. The Kier molecular flexibility index (Phi) is 4.83. The lowest BCUT2D eigenvalue weighted by Gasteiger charge is -2.36. The smallest absolute Gasteiger partial charge is 0.310 e. The number of ether oxygens (including phenoxy) is 1. The van der Waals surface area contributed by atoms with Gasteiger partial charge < -0.3 is 15.2 Å². The molecular formula is C16H21NO4. The highest BCUT2D eigenvalue weighted by atomic mass is 16.5. The Morgan fingerprint density at radius 1 is 1.33 bits per heavy atom. The maximum atomic E-state index is 12.1. The van der Waals surface area contributed by atoms with Gasteiger partial charge in [-0.05, 0) is 31.4 Å². The molecule has 1 aliphatic carbocycles. The zero-order valence-electron chi connectivity index (χ0n) is 12.2. The highest BCUT2D eigenvalue weighted by molar-refractivity contribution is 5.95. The summed E-state index contributed by atoms with van der Waals surface area (Å²) in [4.78, 5) is 23.4. The van der Waals surface area contributed by atoms with Crippen molar-refractivity contribution in [2.75, 3.05) is 11.9 Å². The van der Waals surface area contributed by atoms with E-state index < -0.39 is 11.4 Å². The summed E-state index contributed by atoms with van der Waals surface area (Å²) < 4.78 is 5.57. The van der Waals surface area contributed by atoms with Crippen LogP contribution in [0.4, 0.5) is 5.69 Å². The second-order valence-electron chi connectivity index (χ2n) is 5.51. The quantitative estimate of drug-likeness (QED) is 0.809. The lowest BCUT2D eigenvalue weighted by Crippen LogP contribution is -2.41. The number of para-hydroxylation sites is 2. The standard InChI is InChI=1S/C16H21NO4/c1-2-10-21-13-7-4-3-6-12(13)17-14(18)11-16(15(19)20)8-5-9-16/h3-4,6-7H,2,5,8-11H2,1H3,(H,17,18)(H,19,20). The maximum Gasteiger partial charge on any atom is 0.310 e. The van der Waals surface area contributed by atoms with Crippen molar-refractivity contribution in [3.05, 3.63) is 24.3 Å². The van der Waals surface area contributed by atoms with Gasteiger partial charge in [-0.25, -0.2) is 0 Å².